The zero-order valence-corrected chi connectivity index (χ0v) is 51.6. The summed E-state index contributed by atoms with van der Waals surface area (Å²) in [7, 11) is 7.44. The van der Waals surface area contributed by atoms with Gasteiger partial charge < -0.3 is 15.2 Å². The molecule has 0 heterocycles. The van der Waals surface area contributed by atoms with Crippen molar-refractivity contribution in [1.82, 2.24) is 25.8 Å². The summed E-state index contributed by atoms with van der Waals surface area (Å²) in [5.74, 6) is -21.3. The van der Waals surface area contributed by atoms with Gasteiger partial charge in [-0.2, -0.15) is 93.1 Å². The molecule has 0 spiro atoms. The van der Waals surface area contributed by atoms with Crippen LogP contribution in [0.2, 0.25) is 0 Å². The van der Waals surface area contributed by atoms with Crippen LogP contribution in [0.1, 0.15) is 78.4 Å². The van der Waals surface area contributed by atoms with Gasteiger partial charge in [0.2, 0.25) is 5.91 Å². The minimum atomic E-state index is -5.45. The Labute approximate surface area is 520 Å². The molecule has 0 radical (unpaired) electrons. The number of aliphatic carboxylic acids is 1. The molecule has 0 saturated carbocycles. The highest BCUT2D eigenvalue weighted by Gasteiger charge is 2.52. The van der Waals surface area contributed by atoms with E-state index >= 15 is 0 Å². The summed E-state index contributed by atoms with van der Waals surface area (Å²) >= 11 is 0. The van der Waals surface area contributed by atoms with Gasteiger partial charge in [0.15, 0.2) is 0 Å². The molecule has 0 aliphatic rings. The second kappa shape index (κ2) is 43.7. The number of hydrogen-bond donors (Lipinski definition) is 3. The maximum atomic E-state index is 12.6. The topological polar surface area (TPSA) is 208 Å². The number of likely N-dealkylation sites (N-methyl/N-ethyl adjacent to an activating group) is 2. The normalized spacial score (nSPS) is 13.9. The van der Waals surface area contributed by atoms with Gasteiger partial charge in [-0.05, 0) is 30.0 Å². The number of Topliss-reactive ketones (excluding diaryl/α,β-unsaturated/α-hetero) is 1. The second-order valence-corrected chi connectivity index (χ2v) is 19.1. The van der Waals surface area contributed by atoms with Crippen LogP contribution in [0.3, 0.4) is 0 Å². The van der Waals surface area contributed by atoms with Gasteiger partial charge in [-0.1, -0.05) is 94.9 Å². The number of benzene rings is 2. The van der Waals surface area contributed by atoms with Crippen LogP contribution < -0.4 is 10.6 Å². The number of carboxylic acids is 1. The highest BCUT2D eigenvalue weighted by atomic mass is 19.4. The van der Waals surface area contributed by atoms with E-state index in [9.17, 15) is 125 Å². The molecule has 0 aromatic heterocycles. The minimum Gasteiger partial charge on any atom is -0.480 e. The van der Waals surface area contributed by atoms with Gasteiger partial charge in [-0.15, -0.1) is 0 Å². The molecule has 536 valence electrons. The average Bonchev–Trinajstić information content (AvgIpc) is 0.953. The Kier molecular flexibility index (Phi) is 44.5. The van der Waals surface area contributed by atoms with Crippen LogP contribution in [-0.2, 0) is 56.4 Å². The Morgan fingerprint density at radius 1 is 0.559 bits per heavy atom. The monoisotopic (exact) mass is 1390 g/mol. The van der Waals surface area contributed by atoms with Crippen LogP contribution in [0.25, 0.3) is 0 Å². The van der Waals surface area contributed by atoms with Gasteiger partial charge in [-0.25, -0.2) is 24.0 Å². The predicted molar refractivity (Wildman–Crippen MR) is 289 cm³/mol. The number of alkyl halides is 22. The molecular weight excluding hydrogens is 1320 g/mol. The number of nitriles is 1. The number of amides is 3. The number of halogens is 22. The zero-order valence-electron chi connectivity index (χ0n) is 51.6. The molecule has 0 fully saturated rings. The Bertz CT molecular complexity index is 2520. The fraction of sp³-hybridized carbons (Fsp3) is 0.582. The molecular formula is C55H72F22N6O10. The van der Waals surface area contributed by atoms with E-state index in [1.54, 1.807) is 24.3 Å². The number of carbonyl (C=O) groups excluding carboxylic acids is 5. The Morgan fingerprint density at radius 3 is 1.18 bits per heavy atom. The third kappa shape index (κ3) is 46.6. The Balaban J connectivity index is -0.000000331. The highest BCUT2D eigenvalue weighted by Crippen LogP contribution is 2.38. The molecule has 3 amide bonds. The lowest BCUT2D eigenvalue weighted by atomic mass is 10.0. The largest absolute Gasteiger partial charge is 0.480 e. The summed E-state index contributed by atoms with van der Waals surface area (Å²) in [6.07, 6.45) is -28.4. The van der Waals surface area contributed by atoms with Crippen molar-refractivity contribution in [3.63, 3.8) is 0 Å². The van der Waals surface area contributed by atoms with Crippen LogP contribution in [-0.4, -0.2) is 160 Å². The van der Waals surface area contributed by atoms with Crippen LogP contribution in [0, 0.1) is 35.0 Å². The molecule has 93 heavy (non-hydrogen) atoms. The molecule has 16 nitrogen and oxygen atoms in total. The van der Waals surface area contributed by atoms with E-state index < -0.39 is 133 Å². The van der Waals surface area contributed by atoms with Crippen LogP contribution >= 0.6 is 0 Å². The molecule has 2 aromatic rings. The van der Waals surface area contributed by atoms with Crippen molar-refractivity contribution in [2.45, 2.75) is 141 Å². The first kappa shape index (κ1) is 94.6. The van der Waals surface area contributed by atoms with E-state index in [4.69, 9.17) is 10.4 Å². The summed E-state index contributed by atoms with van der Waals surface area (Å²) in [6.45, 7) is 7.86. The molecule has 3 N–H and O–H groups in total. The van der Waals surface area contributed by atoms with Crippen molar-refractivity contribution in [2.75, 3.05) is 42.5 Å². The van der Waals surface area contributed by atoms with Crippen molar-refractivity contribution in [1.29, 1.82) is 5.26 Å². The SMILES string of the molecule is C=CC(=O)N(C)OC.CC(CC(C#N)NCc1ccccc1)C(F)(F)F.CC(CC(NCc1ccccc1)C(=O)O)C(F)(F)F.CC(CC=O)C(F)(F)F.CC(F)(F)C(=O)C(F)(F)F.CON(C)C(=O)/C=C(/C(C)(F)F)C(F)(F)F.CON(C)C(=O)CC(C)C(F)(F)F. The van der Waals surface area contributed by atoms with E-state index in [0.717, 1.165) is 63.1 Å². The summed E-state index contributed by atoms with van der Waals surface area (Å²) in [4.78, 5) is 75.7. The van der Waals surface area contributed by atoms with Crippen LogP contribution in [0.4, 0.5) is 96.6 Å². The smallest absolute Gasteiger partial charge is 0.456 e. The van der Waals surface area contributed by atoms with Crippen molar-refractivity contribution in [3.05, 3.63) is 96.1 Å². The first-order valence-electron chi connectivity index (χ1n) is 26.0. The quantitative estimate of drug-likeness (QED) is 0.0434. The third-order valence-corrected chi connectivity index (χ3v) is 11.3. The number of aldehydes is 1. The van der Waals surface area contributed by atoms with E-state index in [2.05, 4.69) is 31.7 Å². The van der Waals surface area contributed by atoms with Gasteiger partial charge >= 0.3 is 54.7 Å². The number of ketones is 1. The number of rotatable bonds is 22. The highest BCUT2D eigenvalue weighted by molar-refractivity contribution is 5.90. The molecule has 2 aromatic carbocycles. The fourth-order valence-electron chi connectivity index (χ4n) is 5.22. The molecule has 6 atom stereocenters. The molecule has 6 unspecified atom stereocenters. The number of nitrogens with one attached hydrogen (secondary N) is 2. The summed E-state index contributed by atoms with van der Waals surface area (Å²) in [5, 5.41) is 25.5. The standard InChI is InChI=1S/C13H15F3N2.C13H16F3NO2.C8H10F5NO2.C7H12F3NO2.C5H7F3O.C5H9NO2.C4H3F5O/c1-10(13(14,15)16)7-12(8-17)18-9-11-5-3-2-4-6-11;1-9(13(14,15)16)7-11(12(18)19)17-8-10-5-3-2-4-6-10;1-7(9,10)5(8(11,12)13)4-6(15)14(2)16-3;1-5(7(8,9)10)4-6(12)11(2)13-3;1-4(2-3-9)5(6,7)8;1-4-5(7)6(2)8-3;1-3(5,6)2(10)4(7,8)9/h2-6,10,12,18H,7,9H2,1H3;2-6,9,11,17H,7-8H2,1H3,(H,18,19);4H,1-3H3;5H,4H2,1-3H3;3-4H,2H2,1H3;4H,1H2,2-3H3;1H3/b;;5-4-;;;;. The molecule has 38 heteroatoms. The van der Waals surface area contributed by atoms with E-state index in [1.165, 1.54) is 34.4 Å². The maximum absolute atomic E-state index is 12.6. The third-order valence-electron chi connectivity index (χ3n) is 11.3. The fourth-order valence-corrected chi connectivity index (χ4v) is 5.22. The summed E-state index contributed by atoms with van der Waals surface area (Å²) < 4.78 is 263. The van der Waals surface area contributed by atoms with Crippen molar-refractivity contribution >= 4 is 35.8 Å². The van der Waals surface area contributed by atoms with Gasteiger partial charge in [0, 0.05) is 67.0 Å². The number of carbonyl (C=O) groups is 6. The summed E-state index contributed by atoms with van der Waals surface area (Å²) in [6, 6.07) is 18.0. The van der Waals surface area contributed by atoms with Gasteiger partial charge in [0.1, 0.15) is 17.9 Å². The lowest BCUT2D eigenvalue weighted by molar-refractivity contribution is -0.193. The Hall–Kier alpha value is -7.11. The van der Waals surface area contributed by atoms with Crippen molar-refractivity contribution < 1.29 is 145 Å². The second-order valence-electron chi connectivity index (χ2n) is 19.1. The van der Waals surface area contributed by atoms with Crippen molar-refractivity contribution in [3.8, 4) is 6.07 Å². The number of allylic oxidation sites excluding steroid dienone is 1. The molecule has 0 aliphatic heterocycles. The number of carboxylic acid groups (broad SMARTS) is 1. The number of hydrogen-bond acceptors (Lipinski definition) is 12. The lowest BCUT2D eigenvalue weighted by Crippen LogP contribution is -2.39. The van der Waals surface area contributed by atoms with E-state index in [0.29, 0.717) is 11.6 Å². The predicted octanol–water partition coefficient (Wildman–Crippen LogP) is 13.6. The molecule has 0 aliphatic carbocycles. The van der Waals surface area contributed by atoms with Crippen LogP contribution in [0.15, 0.2) is 85.0 Å². The zero-order chi connectivity index (χ0) is 74.5. The average molecular weight is 1400 g/mol. The van der Waals surface area contributed by atoms with Gasteiger partial charge in [-0.3, -0.25) is 43.8 Å². The lowest BCUT2D eigenvalue weighted by Gasteiger charge is -2.21. The molecule has 0 bridgehead atoms. The van der Waals surface area contributed by atoms with Gasteiger partial charge in [0.05, 0.1) is 57.1 Å². The van der Waals surface area contributed by atoms with Crippen molar-refractivity contribution in [2.24, 2.45) is 23.7 Å². The maximum Gasteiger partial charge on any atom is 0.456 e. The first-order chi connectivity index (χ1) is 41.9. The van der Waals surface area contributed by atoms with E-state index in [-0.39, 0.29) is 45.1 Å². The number of nitrogens with zero attached hydrogens (tertiary/aromatic N) is 4. The molecule has 0 saturated heterocycles. The van der Waals surface area contributed by atoms with E-state index in [1.807, 2.05) is 42.5 Å². The Morgan fingerprint density at radius 2 is 0.925 bits per heavy atom. The van der Waals surface area contributed by atoms with Gasteiger partial charge in [0.25, 0.3) is 17.7 Å². The first-order valence-corrected chi connectivity index (χ1v) is 26.0. The molecule has 2 rings (SSSR count). The number of hydroxylamine groups is 6. The van der Waals surface area contributed by atoms with Crippen LogP contribution in [0.5, 0.6) is 0 Å². The summed E-state index contributed by atoms with van der Waals surface area (Å²) in [5.41, 5.74) is -0.445. The minimum absolute atomic E-state index is 0.0619.